The molecule has 34 heteroatoms. The van der Waals surface area contributed by atoms with Crippen molar-refractivity contribution in [2.24, 2.45) is 0 Å². The third kappa shape index (κ3) is 12.7. The first kappa shape index (κ1) is 38.1. The first-order valence-corrected chi connectivity index (χ1v) is 13.6. The summed E-state index contributed by atoms with van der Waals surface area (Å²) in [6, 6.07) is 0. The Morgan fingerprint density at radius 3 is 0.818 bits per heavy atom. The minimum Gasteiger partial charge on any atom is -0.539 e. The van der Waals surface area contributed by atoms with Crippen LogP contribution in [0.15, 0.2) is 0 Å². The van der Waals surface area contributed by atoms with E-state index in [2.05, 4.69) is 76.1 Å². The average Bonchev–Trinajstić information content (AvgIpc) is 2.89. The molecule has 0 saturated carbocycles. The molecule has 5 rings (SSSR count). The molecule has 0 amide bonds. The van der Waals surface area contributed by atoms with Crippen molar-refractivity contribution >= 4 is 72.5 Å². The Morgan fingerprint density at radius 1 is 0.432 bits per heavy atom. The van der Waals surface area contributed by atoms with Crippen molar-refractivity contribution < 1.29 is 107 Å². The average molecular weight is 639 g/mol. The van der Waals surface area contributed by atoms with Crippen LogP contribution in [0.4, 0.5) is 0 Å². The van der Waals surface area contributed by atoms with Crippen LogP contribution in [-0.2, 0) is 54.9 Å². The maximum atomic E-state index is 8.94. The van der Waals surface area contributed by atoms with E-state index in [1.165, 1.54) is 52.1 Å². The van der Waals surface area contributed by atoms with Crippen molar-refractivity contribution in [3.8, 4) is 0 Å². The number of hydrogen-bond donors (Lipinski definition) is 10. The maximum absolute atomic E-state index is 8.94. The van der Waals surface area contributed by atoms with Crippen LogP contribution < -0.4 is 11.5 Å². The predicted octanol–water partition coefficient (Wildman–Crippen LogP) is -11.2. The molecule has 2 spiro atoms. The van der Waals surface area contributed by atoms with Gasteiger partial charge in [0.05, 0.1) is 13.1 Å². The lowest BCUT2D eigenvalue weighted by Crippen LogP contribution is -2.69. The molecule has 24 nitrogen and oxygen atoms in total. The quantitative estimate of drug-likeness (QED) is 0.121. The summed E-state index contributed by atoms with van der Waals surface area (Å²) < 4.78 is 52.8. The third-order valence-electron chi connectivity index (χ3n) is 6.11. The second-order valence-corrected chi connectivity index (χ2v) is 9.34. The number of rotatable bonds is 6. The molecular formula is C10H34B10N4O20. The molecule has 244 valence electrons. The van der Waals surface area contributed by atoms with Crippen LogP contribution in [0.3, 0.4) is 0 Å². The van der Waals surface area contributed by atoms with Gasteiger partial charge >= 0.3 is 72.5 Å². The highest BCUT2D eigenvalue weighted by Gasteiger charge is 2.54. The Balaban J connectivity index is 0.000000181. The molecule has 0 aromatic heterocycles. The molecule has 0 unspecified atom stereocenters. The van der Waals surface area contributed by atoms with Gasteiger partial charge in [-0.25, -0.2) is 0 Å². The first-order valence-electron chi connectivity index (χ1n) is 13.6. The van der Waals surface area contributed by atoms with Crippen molar-refractivity contribution in [3.05, 3.63) is 0 Å². The molecule has 0 bridgehead atoms. The SMILES string of the molecule is OB1OB(O)O[B-]2(O1)OB(O)OB(O)O2.OB1OB(O)O[B-]2(O1)OB(O)OB(O)O2.[NH3+]CCCN1CCN(CCC[NH3+])CC1. The van der Waals surface area contributed by atoms with E-state index >= 15 is 0 Å². The van der Waals surface area contributed by atoms with Crippen LogP contribution >= 0.6 is 0 Å². The van der Waals surface area contributed by atoms with Gasteiger partial charge in [0.15, 0.2) is 0 Å². The van der Waals surface area contributed by atoms with Crippen LogP contribution in [0.1, 0.15) is 12.8 Å². The van der Waals surface area contributed by atoms with Crippen molar-refractivity contribution in [2.75, 3.05) is 52.4 Å². The Hall–Kier alpha value is -0.311. The van der Waals surface area contributed by atoms with Gasteiger partial charge in [0.25, 0.3) is 0 Å². The fraction of sp³-hybridized carbons (Fsp3) is 1.00. The number of nitrogens with zero attached hydrogens (tertiary/aromatic N) is 2. The molecule has 14 N–H and O–H groups in total. The summed E-state index contributed by atoms with van der Waals surface area (Å²) >= 11 is 0. The number of hydrogen-bond acceptors (Lipinski definition) is 22. The van der Waals surface area contributed by atoms with E-state index in [-0.39, 0.29) is 0 Å². The van der Waals surface area contributed by atoms with Gasteiger partial charge in [-0.2, -0.15) is 0 Å². The minimum atomic E-state index is -3.21. The lowest BCUT2D eigenvalue weighted by Gasteiger charge is -2.49. The van der Waals surface area contributed by atoms with Gasteiger partial charge in [-0.3, -0.25) is 0 Å². The molecular weight excluding hydrogens is 604 g/mol. The molecule has 5 heterocycles. The molecule has 44 heavy (non-hydrogen) atoms. The predicted molar refractivity (Wildman–Crippen MR) is 146 cm³/mol. The van der Waals surface area contributed by atoms with E-state index in [9.17, 15) is 0 Å². The number of quaternary nitrogens is 2. The summed E-state index contributed by atoms with van der Waals surface area (Å²) in [6.07, 6.45) is 2.50. The standard InChI is InChI=1S/C10H24N4.2B5H4O10/c11-3-1-5-13-7-9-14(10-8-13)6-2-4-12;2*6-1-10-2(7)13-5(12-1)14-3(8)11-4(9)15-5/h1-12H2;2*6-9H/q;2*-1/p+2. The Labute approximate surface area is 254 Å². The zero-order valence-electron chi connectivity index (χ0n) is 23.6. The summed E-state index contributed by atoms with van der Waals surface area (Å²) in [5.41, 5.74) is 7.76. The summed E-state index contributed by atoms with van der Waals surface area (Å²) in [7, 11) is -15.2. The largest absolute Gasteiger partial charge is 0.582 e. The zero-order chi connectivity index (χ0) is 32.3. The van der Waals surface area contributed by atoms with Crippen molar-refractivity contribution in [1.29, 1.82) is 0 Å². The maximum Gasteiger partial charge on any atom is 0.582 e. The summed E-state index contributed by atoms with van der Waals surface area (Å²) in [5, 5.41) is 71.5. The smallest absolute Gasteiger partial charge is 0.539 e. The molecule has 0 aromatic rings. The Morgan fingerprint density at radius 2 is 0.636 bits per heavy atom. The Kier molecular flexibility index (Phi) is 15.9. The van der Waals surface area contributed by atoms with E-state index in [0.29, 0.717) is 0 Å². The summed E-state index contributed by atoms with van der Waals surface area (Å²) in [6.45, 7) is 3.20. The molecule has 5 aliphatic rings. The molecule has 0 aliphatic carbocycles. The summed E-state index contributed by atoms with van der Waals surface area (Å²) in [5.74, 6) is 0. The van der Waals surface area contributed by atoms with Gasteiger partial charge in [-0.15, -0.1) is 0 Å². The Bertz CT molecular complexity index is 676. The van der Waals surface area contributed by atoms with E-state index in [0.717, 1.165) is 13.1 Å². The van der Waals surface area contributed by atoms with Gasteiger partial charge in [0.1, 0.15) is 0 Å². The van der Waals surface area contributed by atoms with Gasteiger partial charge in [0, 0.05) is 52.1 Å². The molecule has 0 aromatic carbocycles. The van der Waals surface area contributed by atoms with Gasteiger partial charge < -0.3 is 116 Å². The first-order chi connectivity index (χ1) is 20.8. The normalized spacial score (nSPS) is 24.4. The lowest BCUT2D eigenvalue weighted by atomic mass is 9.84. The highest BCUT2D eigenvalue weighted by atomic mass is 17.0. The molecule has 0 radical (unpaired) electrons. The molecule has 5 fully saturated rings. The van der Waals surface area contributed by atoms with E-state index < -0.39 is 72.5 Å². The third-order valence-corrected chi connectivity index (χ3v) is 6.11. The van der Waals surface area contributed by atoms with E-state index in [1.807, 2.05) is 0 Å². The highest BCUT2D eigenvalue weighted by Crippen LogP contribution is 2.24. The second kappa shape index (κ2) is 18.3. The van der Waals surface area contributed by atoms with E-state index in [1.54, 1.807) is 0 Å². The van der Waals surface area contributed by atoms with Crippen LogP contribution in [0.5, 0.6) is 0 Å². The summed E-state index contributed by atoms with van der Waals surface area (Å²) in [4.78, 5) is 5.12. The van der Waals surface area contributed by atoms with Crippen molar-refractivity contribution in [2.45, 2.75) is 12.8 Å². The van der Waals surface area contributed by atoms with Crippen LogP contribution in [0.2, 0.25) is 0 Å². The molecule has 5 aliphatic heterocycles. The van der Waals surface area contributed by atoms with Crippen molar-refractivity contribution in [1.82, 2.24) is 9.80 Å². The monoisotopic (exact) mass is 640 g/mol. The zero-order valence-corrected chi connectivity index (χ0v) is 23.6. The van der Waals surface area contributed by atoms with Gasteiger partial charge in [-0.1, -0.05) is 0 Å². The topological polar surface area (TPSA) is 334 Å². The van der Waals surface area contributed by atoms with Gasteiger partial charge in [-0.05, 0) is 0 Å². The van der Waals surface area contributed by atoms with Crippen LogP contribution in [-0.4, -0.2) is 175 Å². The lowest BCUT2D eigenvalue weighted by molar-refractivity contribution is -0.369. The second-order valence-electron chi connectivity index (χ2n) is 9.34. The fourth-order valence-electron chi connectivity index (χ4n) is 4.09. The molecule has 0 atom stereocenters. The minimum absolute atomic E-state index is 1.07. The fourth-order valence-corrected chi connectivity index (χ4v) is 4.09. The number of piperazine rings is 1. The highest BCUT2D eigenvalue weighted by molar-refractivity contribution is 6.82. The van der Waals surface area contributed by atoms with Crippen LogP contribution in [0.25, 0.3) is 0 Å². The van der Waals surface area contributed by atoms with E-state index in [4.69, 9.17) is 40.2 Å². The van der Waals surface area contributed by atoms with Gasteiger partial charge in [0.2, 0.25) is 0 Å². The molecule has 5 saturated heterocycles. The van der Waals surface area contributed by atoms with Crippen LogP contribution in [0, 0.1) is 0 Å². The van der Waals surface area contributed by atoms with Crippen molar-refractivity contribution in [3.63, 3.8) is 0 Å².